The van der Waals surface area contributed by atoms with Gasteiger partial charge in [-0.3, -0.25) is 0 Å². The summed E-state index contributed by atoms with van der Waals surface area (Å²) in [4.78, 5) is 0. The molecule has 0 aliphatic carbocycles. The molecule has 0 aliphatic rings. The highest BCUT2D eigenvalue weighted by molar-refractivity contribution is 14.1. The van der Waals surface area contributed by atoms with E-state index < -0.39 is 0 Å². The highest BCUT2D eigenvalue weighted by Crippen LogP contribution is 2.15. The van der Waals surface area contributed by atoms with Crippen molar-refractivity contribution in [3.63, 3.8) is 0 Å². The second-order valence-corrected chi connectivity index (χ2v) is 12.2. The Bertz CT molecular complexity index is 322. The van der Waals surface area contributed by atoms with Gasteiger partial charge in [0.15, 0.2) is 0 Å². The minimum absolute atomic E-state index is 0.129. The van der Waals surface area contributed by atoms with E-state index in [-0.39, 0.29) is 4.11 Å². The number of alkyl halides is 1. The molecule has 0 aromatic heterocycles. The number of aliphatic hydroxyl groups is 2. The zero-order valence-corrected chi connectivity index (χ0v) is 26.5. The van der Waals surface area contributed by atoms with Gasteiger partial charge in [0.1, 0.15) is 4.11 Å². The molecule has 0 aromatic carbocycles. The number of hydrogen-bond donors (Lipinski definition) is 2. The summed E-state index contributed by atoms with van der Waals surface area (Å²) < 4.78 is -0.129. The number of hydrogen-bond acceptors (Lipinski definition) is 2. The molecular formula is C32H67IO2. The first-order valence-electron chi connectivity index (χ1n) is 16.1. The van der Waals surface area contributed by atoms with Gasteiger partial charge < -0.3 is 10.2 Å². The van der Waals surface area contributed by atoms with E-state index in [0.29, 0.717) is 6.61 Å². The van der Waals surface area contributed by atoms with E-state index in [4.69, 9.17) is 10.2 Å². The molecule has 0 amide bonds. The predicted octanol–water partition coefficient (Wildman–Crippen LogP) is 11.7. The number of unbranched alkanes of at least 4 members (excludes halogenated alkanes) is 25. The molecule has 0 saturated carbocycles. The standard InChI is InChI=1S/C16H33IO.C16H34O/c1-2-3-4-5-6-7-8-9-10-11-12-13-14-15-16(17)18;1-2-3-4-5-6-7-8-9-10-11-12-13-14-15-16-17/h16,18H,2-15H2,1H3;17H,2-16H2,1H3. The topological polar surface area (TPSA) is 40.5 Å². The lowest BCUT2D eigenvalue weighted by Gasteiger charge is -2.03. The van der Waals surface area contributed by atoms with Crippen molar-refractivity contribution in [1.82, 2.24) is 0 Å². The van der Waals surface area contributed by atoms with Crippen LogP contribution in [0.5, 0.6) is 0 Å². The summed E-state index contributed by atoms with van der Waals surface area (Å²) in [6.45, 7) is 4.93. The average molecular weight is 611 g/mol. The molecule has 0 spiro atoms. The van der Waals surface area contributed by atoms with E-state index in [1.54, 1.807) is 0 Å². The van der Waals surface area contributed by atoms with Gasteiger partial charge >= 0.3 is 0 Å². The number of aliphatic hydroxyl groups excluding tert-OH is 2. The molecule has 1 atom stereocenters. The molecule has 35 heavy (non-hydrogen) atoms. The third kappa shape index (κ3) is 42.0. The van der Waals surface area contributed by atoms with Gasteiger partial charge in [-0.05, 0) is 12.8 Å². The summed E-state index contributed by atoms with van der Waals surface area (Å²) in [6, 6.07) is 0. The lowest BCUT2D eigenvalue weighted by Crippen LogP contribution is -1.93. The molecule has 0 fully saturated rings. The summed E-state index contributed by atoms with van der Waals surface area (Å²) in [7, 11) is 0. The molecule has 1 unspecified atom stereocenters. The lowest BCUT2D eigenvalue weighted by molar-refractivity contribution is 0.263. The van der Waals surface area contributed by atoms with Crippen molar-refractivity contribution in [2.75, 3.05) is 6.61 Å². The van der Waals surface area contributed by atoms with Crippen LogP contribution >= 0.6 is 22.6 Å². The SMILES string of the molecule is CCCCCCCCCCCCCCCC(O)I.CCCCCCCCCCCCCCCCO. The van der Waals surface area contributed by atoms with Crippen LogP contribution in [0.15, 0.2) is 0 Å². The third-order valence-electron chi connectivity index (χ3n) is 7.06. The molecule has 0 bridgehead atoms. The van der Waals surface area contributed by atoms with Crippen LogP contribution in [0.2, 0.25) is 0 Å². The van der Waals surface area contributed by atoms with E-state index in [1.165, 1.54) is 167 Å². The van der Waals surface area contributed by atoms with Crippen molar-refractivity contribution < 1.29 is 10.2 Å². The summed E-state index contributed by atoms with van der Waals surface area (Å²) >= 11 is 2.09. The maximum Gasteiger partial charge on any atom is 0.105 e. The molecule has 214 valence electrons. The Kier molecular flexibility index (Phi) is 39.7. The minimum Gasteiger partial charge on any atom is -0.396 e. The van der Waals surface area contributed by atoms with E-state index in [2.05, 4.69) is 36.4 Å². The Hall–Kier alpha value is 0.650. The maximum absolute atomic E-state index is 9.12. The van der Waals surface area contributed by atoms with Crippen LogP contribution in [0.25, 0.3) is 0 Å². The Morgan fingerprint density at radius 1 is 0.400 bits per heavy atom. The first-order valence-corrected chi connectivity index (χ1v) is 17.4. The van der Waals surface area contributed by atoms with Crippen molar-refractivity contribution in [3.8, 4) is 0 Å². The van der Waals surface area contributed by atoms with Crippen LogP contribution in [-0.2, 0) is 0 Å². The van der Waals surface area contributed by atoms with Gasteiger partial charge in [-0.25, -0.2) is 0 Å². The summed E-state index contributed by atoms with van der Waals surface area (Å²) in [5.41, 5.74) is 0. The molecule has 3 heteroatoms. The van der Waals surface area contributed by atoms with Crippen LogP contribution in [0, 0.1) is 0 Å². The normalized spacial score (nSPS) is 11.9. The Balaban J connectivity index is 0. The van der Waals surface area contributed by atoms with Crippen LogP contribution < -0.4 is 0 Å². The van der Waals surface area contributed by atoms with Crippen molar-refractivity contribution in [3.05, 3.63) is 0 Å². The van der Waals surface area contributed by atoms with Gasteiger partial charge in [-0.2, -0.15) is 0 Å². The fourth-order valence-corrected chi connectivity index (χ4v) is 5.08. The third-order valence-corrected chi connectivity index (χ3v) is 7.68. The second-order valence-electron chi connectivity index (χ2n) is 10.8. The van der Waals surface area contributed by atoms with Gasteiger partial charge in [0, 0.05) is 6.61 Å². The molecular weight excluding hydrogens is 543 g/mol. The first kappa shape index (κ1) is 37.8. The van der Waals surface area contributed by atoms with Crippen LogP contribution in [0.3, 0.4) is 0 Å². The van der Waals surface area contributed by atoms with E-state index in [0.717, 1.165) is 12.8 Å². The van der Waals surface area contributed by atoms with Crippen LogP contribution in [-0.4, -0.2) is 20.9 Å². The minimum atomic E-state index is -0.129. The molecule has 0 aromatic rings. The molecule has 0 saturated heterocycles. The van der Waals surface area contributed by atoms with Gasteiger partial charge in [-0.1, -0.05) is 203 Å². The second kappa shape index (κ2) is 36.8. The van der Waals surface area contributed by atoms with Crippen molar-refractivity contribution in [1.29, 1.82) is 0 Å². The fourth-order valence-electron chi connectivity index (χ4n) is 4.64. The zero-order chi connectivity index (χ0) is 26.1. The van der Waals surface area contributed by atoms with Crippen molar-refractivity contribution in [2.45, 2.75) is 198 Å². The van der Waals surface area contributed by atoms with Crippen LogP contribution in [0.1, 0.15) is 194 Å². The van der Waals surface area contributed by atoms with E-state index >= 15 is 0 Å². The van der Waals surface area contributed by atoms with E-state index in [1.807, 2.05) is 0 Å². The fraction of sp³-hybridized carbons (Fsp3) is 1.00. The summed E-state index contributed by atoms with van der Waals surface area (Å²) in [5.74, 6) is 0. The Morgan fingerprint density at radius 3 is 0.857 bits per heavy atom. The van der Waals surface area contributed by atoms with Gasteiger partial charge in [0.05, 0.1) is 0 Å². The number of rotatable bonds is 28. The summed E-state index contributed by atoms with van der Waals surface area (Å²) in [5, 5.41) is 17.8. The quantitative estimate of drug-likeness (QED) is 0.0526. The first-order chi connectivity index (χ1) is 17.2. The lowest BCUT2D eigenvalue weighted by atomic mass is 10.0. The largest absolute Gasteiger partial charge is 0.396 e. The predicted molar refractivity (Wildman–Crippen MR) is 168 cm³/mol. The molecule has 0 radical (unpaired) electrons. The van der Waals surface area contributed by atoms with E-state index in [9.17, 15) is 0 Å². The molecule has 0 aliphatic heterocycles. The maximum atomic E-state index is 9.12. The summed E-state index contributed by atoms with van der Waals surface area (Å²) in [6.07, 6.45) is 38.3. The van der Waals surface area contributed by atoms with Gasteiger partial charge in [0.25, 0.3) is 0 Å². The van der Waals surface area contributed by atoms with Crippen molar-refractivity contribution in [2.24, 2.45) is 0 Å². The molecule has 2 nitrogen and oxygen atoms in total. The monoisotopic (exact) mass is 610 g/mol. The highest BCUT2D eigenvalue weighted by Gasteiger charge is 1.97. The van der Waals surface area contributed by atoms with Gasteiger partial charge in [-0.15, -0.1) is 0 Å². The Labute approximate surface area is 236 Å². The average Bonchev–Trinajstić information content (AvgIpc) is 2.85. The molecule has 2 N–H and O–H groups in total. The zero-order valence-electron chi connectivity index (χ0n) is 24.4. The number of halogens is 1. The highest BCUT2D eigenvalue weighted by atomic mass is 127. The van der Waals surface area contributed by atoms with Gasteiger partial charge in [0.2, 0.25) is 0 Å². The van der Waals surface area contributed by atoms with Crippen LogP contribution in [0.4, 0.5) is 0 Å². The van der Waals surface area contributed by atoms with Crippen molar-refractivity contribution >= 4 is 22.6 Å². The molecule has 0 rings (SSSR count). The smallest absolute Gasteiger partial charge is 0.105 e. The Morgan fingerprint density at radius 2 is 0.629 bits per heavy atom. The molecule has 0 heterocycles.